The van der Waals surface area contributed by atoms with Gasteiger partial charge in [-0.1, -0.05) is 12.8 Å². The summed E-state index contributed by atoms with van der Waals surface area (Å²) in [7, 11) is 0. The van der Waals surface area contributed by atoms with Gasteiger partial charge in [0.1, 0.15) is 0 Å². The van der Waals surface area contributed by atoms with Crippen LogP contribution in [0.3, 0.4) is 0 Å². The number of hydrogen-bond acceptors (Lipinski definition) is 2. The van der Waals surface area contributed by atoms with Crippen molar-refractivity contribution >= 4 is 0 Å². The molecule has 0 bridgehead atoms. The van der Waals surface area contributed by atoms with Gasteiger partial charge in [0.15, 0.2) is 0 Å². The van der Waals surface area contributed by atoms with Crippen LogP contribution >= 0.6 is 0 Å². The minimum Gasteiger partial charge on any atom is -0.325 e. The van der Waals surface area contributed by atoms with E-state index in [9.17, 15) is 13.2 Å². The quantitative estimate of drug-likeness (QED) is 0.702. The standard InChI is InChI=1S/C10H19F3N2/c11-10(12,13)6-8-15-7-5-9(14)3-1-2-4-9/h15H,1-8,14H2. The third-order valence-electron chi connectivity index (χ3n) is 2.98. The normalized spacial score (nSPS) is 20.8. The van der Waals surface area contributed by atoms with E-state index < -0.39 is 12.6 Å². The Balaban J connectivity index is 2.02. The minimum absolute atomic E-state index is 0.000417. The van der Waals surface area contributed by atoms with Crippen molar-refractivity contribution in [3.05, 3.63) is 0 Å². The van der Waals surface area contributed by atoms with Gasteiger partial charge in [0, 0.05) is 12.1 Å². The summed E-state index contributed by atoms with van der Waals surface area (Å²) in [6.07, 6.45) is 0.288. The maximum absolute atomic E-state index is 11.8. The van der Waals surface area contributed by atoms with Crippen LogP contribution in [-0.2, 0) is 0 Å². The van der Waals surface area contributed by atoms with Crippen molar-refractivity contribution in [2.24, 2.45) is 5.73 Å². The fourth-order valence-electron chi connectivity index (χ4n) is 2.02. The lowest BCUT2D eigenvalue weighted by atomic mass is 9.95. The van der Waals surface area contributed by atoms with E-state index in [1.165, 1.54) is 0 Å². The Hall–Kier alpha value is -0.290. The van der Waals surface area contributed by atoms with E-state index >= 15 is 0 Å². The number of nitrogens with one attached hydrogen (secondary N) is 1. The van der Waals surface area contributed by atoms with E-state index in [0.29, 0.717) is 6.54 Å². The first kappa shape index (κ1) is 12.8. The molecule has 0 amide bonds. The molecule has 0 unspecified atom stereocenters. The molecule has 1 fully saturated rings. The predicted octanol–water partition coefficient (Wildman–Crippen LogP) is 2.19. The molecule has 0 atom stereocenters. The van der Waals surface area contributed by atoms with Gasteiger partial charge in [-0.2, -0.15) is 13.2 Å². The number of rotatable bonds is 5. The SMILES string of the molecule is NC1(CCNCCC(F)(F)F)CCCC1. The topological polar surface area (TPSA) is 38.0 Å². The van der Waals surface area contributed by atoms with E-state index in [1.807, 2.05) is 0 Å². The molecule has 0 aromatic rings. The molecule has 1 saturated carbocycles. The Kier molecular flexibility index (Phi) is 4.40. The highest BCUT2D eigenvalue weighted by Crippen LogP contribution is 2.29. The molecule has 3 N–H and O–H groups in total. The molecule has 90 valence electrons. The van der Waals surface area contributed by atoms with Crippen LogP contribution in [0.25, 0.3) is 0 Å². The van der Waals surface area contributed by atoms with Crippen LogP contribution in [0.4, 0.5) is 13.2 Å². The third kappa shape index (κ3) is 5.37. The van der Waals surface area contributed by atoms with Gasteiger partial charge in [0.05, 0.1) is 6.42 Å². The Morgan fingerprint density at radius 3 is 2.27 bits per heavy atom. The molecule has 0 spiro atoms. The van der Waals surface area contributed by atoms with Crippen LogP contribution in [0.5, 0.6) is 0 Å². The average Bonchev–Trinajstić information content (AvgIpc) is 2.50. The average molecular weight is 224 g/mol. The van der Waals surface area contributed by atoms with E-state index in [2.05, 4.69) is 5.32 Å². The van der Waals surface area contributed by atoms with Crippen LogP contribution in [-0.4, -0.2) is 24.8 Å². The third-order valence-corrected chi connectivity index (χ3v) is 2.98. The van der Waals surface area contributed by atoms with Crippen LogP contribution in [0.1, 0.15) is 38.5 Å². The van der Waals surface area contributed by atoms with Crippen molar-refractivity contribution in [1.29, 1.82) is 0 Å². The summed E-state index contributed by atoms with van der Waals surface area (Å²) in [5.41, 5.74) is 5.95. The van der Waals surface area contributed by atoms with Gasteiger partial charge in [-0.3, -0.25) is 0 Å². The van der Waals surface area contributed by atoms with E-state index in [1.54, 1.807) is 0 Å². The van der Waals surface area contributed by atoms with Crippen molar-refractivity contribution in [3.63, 3.8) is 0 Å². The molecule has 1 aliphatic carbocycles. The molecule has 1 rings (SSSR count). The fraction of sp³-hybridized carbons (Fsp3) is 1.00. The molecule has 2 nitrogen and oxygen atoms in total. The van der Waals surface area contributed by atoms with Crippen molar-refractivity contribution < 1.29 is 13.2 Å². The Bertz CT molecular complexity index is 186. The van der Waals surface area contributed by atoms with Crippen molar-refractivity contribution in [2.45, 2.75) is 50.2 Å². The summed E-state index contributed by atoms with van der Waals surface area (Å²) in [5, 5.41) is 2.79. The Labute approximate surface area is 88.4 Å². The lowest BCUT2D eigenvalue weighted by Gasteiger charge is -2.23. The lowest BCUT2D eigenvalue weighted by Crippen LogP contribution is -2.39. The van der Waals surface area contributed by atoms with Gasteiger partial charge in [0.25, 0.3) is 0 Å². The van der Waals surface area contributed by atoms with Crippen molar-refractivity contribution in [3.8, 4) is 0 Å². The molecule has 0 aliphatic heterocycles. The van der Waals surface area contributed by atoms with Crippen LogP contribution in [0.15, 0.2) is 0 Å². The lowest BCUT2D eigenvalue weighted by molar-refractivity contribution is -0.133. The van der Waals surface area contributed by atoms with Crippen molar-refractivity contribution in [2.75, 3.05) is 13.1 Å². The summed E-state index contributed by atoms with van der Waals surface area (Å²) in [6, 6.07) is 0. The van der Waals surface area contributed by atoms with E-state index in [0.717, 1.165) is 32.1 Å². The number of halogens is 3. The molecule has 0 aromatic carbocycles. The number of nitrogens with two attached hydrogens (primary N) is 1. The summed E-state index contributed by atoms with van der Waals surface area (Å²) >= 11 is 0. The Morgan fingerprint density at radius 2 is 1.73 bits per heavy atom. The highest BCUT2D eigenvalue weighted by molar-refractivity contribution is 4.89. The summed E-state index contributed by atoms with van der Waals surface area (Å²) in [6.45, 7) is 0.589. The van der Waals surface area contributed by atoms with Gasteiger partial charge in [0.2, 0.25) is 0 Å². The zero-order valence-electron chi connectivity index (χ0n) is 8.87. The van der Waals surface area contributed by atoms with Gasteiger partial charge in [-0.05, 0) is 25.8 Å². The Morgan fingerprint density at radius 1 is 1.13 bits per heavy atom. The van der Waals surface area contributed by atoms with Gasteiger partial charge in [-0.25, -0.2) is 0 Å². The maximum atomic E-state index is 11.8. The summed E-state index contributed by atoms with van der Waals surface area (Å²) < 4.78 is 35.4. The molecule has 5 heteroatoms. The largest absolute Gasteiger partial charge is 0.390 e. The van der Waals surface area contributed by atoms with Crippen LogP contribution in [0, 0.1) is 0 Å². The molecule has 0 saturated heterocycles. The monoisotopic (exact) mass is 224 g/mol. The maximum Gasteiger partial charge on any atom is 0.390 e. The van der Waals surface area contributed by atoms with E-state index in [-0.39, 0.29) is 12.1 Å². The summed E-state index contributed by atoms with van der Waals surface area (Å²) in [5.74, 6) is 0. The second-order valence-corrected chi connectivity index (χ2v) is 4.43. The molecule has 15 heavy (non-hydrogen) atoms. The summed E-state index contributed by atoms with van der Waals surface area (Å²) in [4.78, 5) is 0. The van der Waals surface area contributed by atoms with Crippen LogP contribution < -0.4 is 11.1 Å². The molecular weight excluding hydrogens is 205 g/mol. The second kappa shape index (κ2) is 5.16. The highest BCUT2D eigenvalue weighted by atomic mass is 19.4. The van der Waals surface area contributed by atoms with Gasteiger partial charge in [-0.15, -0.1) is 0 Å². The van der Waals surface area contributed by atoms with Crippen LogP contribution in [0.2, 0.25) is 0 Å². The zero-order valence-corrected chi connectivity index (χ0v) is 8.87. The number of alkyl halides is 3. The molecular formula is C10H19F3N2. The smallest absolute Gasteiger partial charge is 0.325 e. The molecule has 1 aliphatic rings. The number of hydrogen-bond donors (Lipinski definition) is 2. The van der Waals surface area contributed by atoms with E-state index in [4.69, 9.17) is 5.73 Å². The first-order chi connectivity index (χ1) is 6.91. The predicted molar refractivity (Wildman–Crippen MR) is 53.5 cm³/mol. The highest BCUT2D eigenvalue weighted by Gasteiger charge is 2.29. The molecule has 0 heterocycles. The minimum atomic E-state index is -4.05. The molecule has 0 aromatic heterocycles. The first-order valence-corrected chi connectivity index (χ1v) is 5.48. The van der Waals surface area contributed by atoms with Crippen molar-refractivity contribution in [1.82, 2.24) is 5.32 Å². The zero-order chi connectivity index (χ0) is 11.4. The molecule has 0 radical (unpaired) electrons. The fourth-order valence-corrected chi connectivity index (χ4v) is 2.02. The van der Waals surface area contributed by atoms with Gasteiger partial charge >= 0.3 is 6.18 Å². The van der Waals surface area contributed by atoms with Gasteiger partial charge < -0.3 is 11.1 Å². The second-order valence-electron chi connectivity index (χ2n) is 4.43. The first-order valence-electron chi connectivity index (χ1n) is 5.48.